The van der Waals surface area contributed by atoms with E-state index in [1.165, 1.54) is 32.2 Å². The van der Waals surface area contributed by atoms with Gasteiger partial charge in [0.25, 0.3) is 0 Å². The summed E-state index contributed by atoms with van der Waals surface area (Å²) in [5, 5.41) is 0.460. The number of hydrogen-bond acceptors (Lipinski definition) is 3. The molecule has 0 amide bonds. The standard InChI is InChI=1S/C12H18ClN3/c1-16(8-10-4-2-3-5-10)9-11-6-15-12(13)7-14-11/h6-7,10H,2-5,8-9H2,1H3. The minimum atomic E-state index is 0.460. The first-order valence-corrected chi connectivity index (χ1v) is 6.27. The molecule has 0 radical (unpaired) electrons. The first-order chi connectivity index (χ1) is 7.74. The van der Waals surface area contributed by atoms with Gasteiger partial charge in [-0.1, -0.05) is 24.4 Å². The average Bonchev–Trinajstić information content (AvgIpc) is 2.74. The summed E-state index contributed by atoms with van der Waals surface area (Å²) in [4.78, 5) is 10.6. The molecule has 2 rings (SSSR count). The van der Waals surface area contributed by atoms with Gasteiger partial charge in [0.2, 0.25) is 0 Å². The first kappa shape index (κ1) is 11.8. The van der Waals surface area contributed by atoms with E-state index >= 15 is 0 Å². The molecule has 1 aliphatic carbocycles. The quantitative estimate of drug-likeness (QED) is 0.809. The van der Waals surface area contributed by atoms with Crippen molar-refractivity contribution in [1.29, 1.82) is 0 Å². The normalized spacial score (nSPS) is 17.2. The molecule has 0 bridgehead atoms. The van der Waals surface area contributed by atoms with E-state index in [0.29, 0.717) is 5.15 Å². The molecule has 0 spiro atoms. The smallest absolute Gasteiger partial charge is 0.147 e. The summed E-state index contributed by atoms with van der Waals surface area (Å²) in [7, 11) is 2.15. The Labute approximate surface area is 102 Å². The van der Waals surface area contributed by atoms with E-state index in [-0.39, 0.29) is 0 Å². The van der Waals surface area contributed by atoms with E-state index < -0.39 is 0 Å². The average molecular weight is 240 g/mol. The summed E-state index contributed by atoms with van der Waals surface area (Å²) in [6, 6.07) is 0. The molecule has 1 aliphatic rings. The molecular weight excluding hydrogens is 222 g/mol. The van der Waals surface area contributed by atoms with Gasteiger partial charge in [0.15, 0.2) is 0 Å². The van der Waals surface area contributed by atoms with Crippen molar-refractivity contribution in [2.24, 2.45) is 5.92 Å². The largest absolute Gasteiger partial charge is 0.300 e. The van der Waals surface area contributed by atoms with Crippen LogP contribution in [0.3, 0.4) is 0 Å². The summed E-state index contributed by atoms with van der Waals surface area (Å²) in [6.07, 6.45) is 8.94. The van der Waals surface area contributed by atoms with Crippen molar-refractivity contribution in [2.75, 3.05) is 13.6 Å². The van der Waals surface area contributed by atoms with Gasteiger partial charge in [-0.3, -0.25) is 4.98 Å². The van der Waals surface area contributed by atoms with Crippen molar-refractivity contribution >= 4 is 11.6 Å². The Bertz CT molecular complexity index is 320. The van der Waals surface area contributed by atoms with Crippen molar-refractivity contribution in [3.63, 3.8) is 0 Å². The maximum absolute atomic E-state index is 5.70. The van der Waals surface area contributed by atoms with Crippen LogP contribution in [0.15, 0.2) is 12.4 Å². The molecule has 1 heterocycles. The van der Waals surface area contributed by atoms with Crippen LogP contribution in [0.1, 0.15) is 31.4 Å². The minimum Gasteiger partial charge on any atom is -0.300 e. The lowest BCUT2D eigenvalue weighted by atomic mass is 10.1. The first-order valence-electron chi connectivity index (χ1n) is 5.89. The maximum Gasteiger partial charge on any atom is 0.147 e. The minimum absolute atomic E-state index is 0.460. The molecule has 1 aromatic heterocycles. The van der Waals surface area contributed by atoms with Crippen LogP contribution in [-0.4, -0.2) is 28.5 Å². The van der Waals surface area contributed by atoms with Crippen LogP contribution in [0.25, 0.3) is 0 Å². The van der Waals surface area contributed by atoms with Crippen LogP contribution < -0.4 is 0 Å². The second kappa shape index (κ2) is 5.60. The highest BCUT2D eigenvalue weighted by Crippen LogP contribution is 2.25. The molecule has 1 saturated carbocycles. The van der Waals surface area contributed by atoms with E-state index in [4.69, 9.17) is 11.6 Å². The molecule has 0 aliphatic heterocycles. The molecule has 4 heteroatoms. The van der Waals surface area contributed by atoms with Crippen LogP contribution in [0.5, 0.6) is 0 Å². The molecule has 1 fully saturated rings. The molecule has 16 heavy (non-hydrogen) atoms. The lowest BCUT2D eigenvalue weighted by molar-refractivity contribution is 0.268. The van der Waals surface area contributed by atoms with Gasteiger partial charge in [0.1, 0.15) is 5.15 Å². The fraction of sp³-hybridized carbons (Fsp3) is 0.667. The van der Waals surface area contributed by atoms with Crippen LogP contribution in [0.2, 0.25) is 5.15 Å². The number of rotatable bonds is 4. The highest BCUT2D eigenvalue weighted by Gasteiger charge is 2.16. The monoisotopic (exact) mass is 239 g/mol. The van der Waals surface area contributed by atoms with E-state index in [2.05, 4.69) is 21.9 Å². The van der Waals surface area contributed by atoms with Crippen molar-refractivity contribution in [1.82, 2.24) is 14.9 Å². The third-order valence-corrected chi connectivity index (χ3v) is 3.35. The van der Waals surface area contributed by atoms with Crippen LogP contribution in [0.4, 0.5) is 0 Å². The lowest BCUT2D eigenvalue weighted by Gasteiger charge is -2.19. The van der Waals surface area contributed by atoms with Gasteiger partial charge in [-0.15, -0.1) is 0 Å². The summed E-state index contributed by atoms with van der Waals surface area (Å²) >= 11 is 5.70. The Balaban J connectivity index is 1.81. The van der Waals surface area contributed by atoms with Crippen molar-refractivity contribution in [2.45, 2.75) is 32.2 Å². The van der Waals surface area contributed by atoms with Gasteiger partial charge >= 0.3 is 0 Å². The number of nitrogens with zero attached hydrogens (tertiary/aromatic N) is 3. The second-order valence-corrected chi connectivity index (χ2v) is 5.06. The van der Waals surface area contributed by atoms with Gasteiger partial charge in [0.05, 0.1) is 18.1 Å². The molecule has 3 nitrogen and oxygen atoms in total. The summed E-state index contributed by atoms with van der Waals surface area (Å²) in [5.41, 5.74) is 0.991. The van der Waals surface area contributed by atoms with E-state index in [0.717, 1.165) is 18.2 Å². The zero-order chi connectivity index (χ0) is 11.4. The molecule has 1 aromatic rings. The Morgan fingerprint density at radius 1 is 1.31 bits per heavy atom. The summed E-state index contributed by atoms with van der Waals surface area (Å²) in [6.45, 7) is 2.03. The van der Waals surface area contributed by atoms with E-state index in [9.17, 15) is 0 Å². The molecule has 0 atom stereocenters. The SMILES string of the molecule is CN(Cc1cnc(Cl)cn1)CC1CCCC1. The van der Waals surface area contributed by atoms with Crippen molar-refractivity contribution in [3.8, 4) is 0 Å². The van der Waals surface area contributed by atoms with Gasteiger partial charge in [0, 0.05) is 13.1 Å². The zero-order valence-corrected chi connectivity index (χ0v) is 10.5. The Hall–Kier alpha value is -0.670. The number of aromatic nitrogens is 2. The Kier molecular flexibility index (Phi) is 4.13. The van der Waals surface area contributed by atoms with Gasteiger partial charge in [-0.25, -0.2) is 4.98 Å². The van der Waals surface area contributed by atoms with Crippen LogP contribution in [0, 0.1) is 5.92 Å². The molecule has 0 unspecified atom stereocenters. The van der Waals surface area contributed by atoms with Crippen molar-refractivity contribution < 1.29 is 0 Å². The Morgan fingerprint density at radius 3 is 2.69 bits per heavy atom. The molecular formula is C12H18ClN3. The molecule has 0 saturated heterocycles. The lowest BCUT2D eigenvalue weighted by Crippen LogP contribution is -2.24. The molecule has 88 valence electrons. The van der Waals surface area contributed by atoms with E-state index in [1.54, 1.807) is 12.4 Å². The van der Waals surface area contributed by atoms with Gasteiger partial charge in [-0.05, 0) is 25.8 Å². The highest BCUT2D eigenvalue weighted by molar-refractivity contribution is 6.29. The fourth-order valence-electron chi connectivity index (χ4n) is 2.40. The third-order valence-electron chi connectivity index (χ3n) is 3.15. The van der Waals surface area contributed by atoms with Crippen LogP contribution in [-0.2, 0) is 6.54 Å². The van der Waals surface area contributed by atoms with Crippen molar-refractivity contribution in [3.05, 3.63) is 23.2 Å². The molecule has 0 aromatic carbocycles. The second-order valence-electron chi connectivity index (χ2n) is 4.68. The van der Waals surface area contributed by atoms with E-state index in [1.807, 2.05) is 0 Å². The number of halogens is 1. The summed E-state index contributed by atoms with van der Waals surface area (Å²) < 4.78 is 0. The predicted octanol–water partition coefficient (Wildman–Crippen LogP) is 2.75. The van der Waals surface area contributed by atoms with Gasteiger partial charge in [-0.2, -0.15) is 0 Å². The predicted molar refractivity (Wildman–Crippen MR) is 65.3 cm³/mol. The Morgan fingerprint density at radius 2 is 2.06 bits per heavy atom. The molecule has 0 N–H and O–H groups in total. The number of hydrogen-bond donors (Lipinski definition) is 0. The highest BCUT2D eigenvalue weighted by atomic mass is 35.5. The summed E-state index contributed by atoms with van der Waals surface area (Å²) in [5.74, 6) is 0.880. The van der Waals surface area contributed by atoms with Crippen LogP contribution >= 0.6 is 11.6 Å². The maximum atomic E-state index is 5.70. The van der Waals surface area contributed by atoms with Gasteiger partial charge < -0.3 is 4.90 Å². The zero-order valence-electron chi connectivity index (χ0n) is 9.69. The fourth-order valence-corrected chi connectivity index (χ4v) is 2.49. The third kappa shape index (κ3) is 3.42. The topological polar surface area (TPSA) is 29.0 Å².